The van der Waals surface area contributed by atoms with E-state index in [4.69, 9.17) is 0 Å². The Labute approximate surface area is 142 Å². The number of aromatic nitrogens is 1. The molecule has 0 fully saturated rings. The number of phenolic OH excluding ortho intramolecular Hbond substituents is 1. The Hall–Kier alpha value is -2.70. The van der Waals surface area contributed by atoms with Crippen molar-refractivity contribution in [3.63, 3.8) is 0 Å². The predicted molar refractivity (Wildman–Crippen MR) is 74.8 cm³/mol. The second-order valence-electron chi connectivity index (χ2n) is 4.71. The van der Waals surface area contributed by atoms with E-state index >= 15 is 0 Å². The number of nitrogens with one attached hydrogen (secondary N) is 1. The monoisotopic (exact) mass is 402 g/mol. The molecule has 2 aromatic rings. The van der Waals surface area contributed by atoms with Crippen LogP contribution in [0.4, 0.5) is 32.0 Å². The van der Waals surface area contributed by atoms with Gasteiger partial charge in [0, 0.05) is 12.3 Å². The maximum absolute atomic E-state index is 12.4. The SMILES string of the molecule is O=S(=O)(Nc1ccc(O)cc1OC(F)(F)F)c1ccc(C(F)(F)F)nc1. The molecular formula is C13H8F6N2O4S. The van der Waals surface area contributed by atoms with Crippen LogP contribution in [0.25, 0.3) is 0 Å². The molecule has 2 N–H and O–H groups in total. The molecule has 0 saturated carbocycles. The number of sulfonamides is 1. The highest BCUT2D eigenvalue weighted by Crippen LogP contribution is 2.35. The van der Waals surface area contributed by atoms with Crippen LogP contribution in [-0.4, -0.2) is 24.9 Å². The van der Waals surface area contributed by atoms with Crippen molar-refractivity contribution >= 4 is 15.7 Å². The first-order valence-corrected chi connectivity index (χ1v) is 7.91. The van der Waals surface area contributed by atoms with Crippen LogP contribution in [0.15, 0.2) is 41.4 Å². The lowest BCUT2D eigenvalue weighted by Gasteiger charge is -2.15. The summed E-state index contributed by atoms with van der Waals surface area (Å²) in [5.41, 5.74) is -2.04. The van der Waals surface area contributed by atoms with Crippen LogP contribution in [-0.2, 0) is 16.2 Å². The molecule has 142 valence electrons. The summed E-state index contributed by atoms with van der Waals surface area (Å²) in [6.07, 6.45) is -9.57. The number of pyridine rings is 1. The Morgan fingerprint density at radius 2 is 1.69 bits per heavy atom. The maximum Gasteiger partial charge on any atom is 0.573 e. The van der Waals surface area contributed by atoms with Crippen molar-refractivity contribution in [3.05, 3.63) is 42.2 Å². The molecule has 13 heteroatoms. The molecular weight excluding hydrogens is 394 g/mol. The average molecular weight is 402 g/mol. The number of ether oxygens (including phenoxy) is 1. The quantitative estimate of drug-likeness (QED) is 0.604. The average Bonchev–Trinajstić information content (AvgIpc) is 2.48. The number of benzene rings is 1. The summed E-state index contributed by atoms with van der Waals surface area (Å²) in [5, 5.41) is 9.22. The van der Waals surface area contributed by atoms with Gasteiger partial charge in [0.15, 0.2) is 5.75 Å². The third-order valence-corrected chi connectivity index (χ3v) is 4.12. The molecule has 0 unspecified atom stereocenters. The van der Waals surface area contributed by atoms with Gasteiger partial charge in [-0.3, -0.25) is 9.71 Å². The Morgan fingerprint density at radius 3 is 2.19 bits per heavy atom. The number of nitrogens with zero attached hydrogens (tertiary/aromatic N) is 1. The highest BCUT2D eigenvalue weighted by Gasteiger charge is 2.34. The van der Waals surface area contributed by atoms with Crippen molar-refractivity contribution < 1.29 is 44.6 Å². The van der Waals surface area contributed by atoms with Crippen LogP contribution in [0.2, 0.25) is 0 Å². The largest absolute Gasteiger partial charge is 0.573 e. The molecule has 1 aromatic carbocycles. The molecule has 0 saturated heterocycles. The van der Waals surface area contributed by atoms with Gasteiger partial charge in [0.05, 0.1) is 5.69 Å². The van der Waals surface area contributed by atoms with E-state index in [2.05, 4.69) is 9.72 Å². The minimum atomic E-state index is -5.18. The van der Waals surface area contributed by atoms with Gasteiger partial charge >= 0.3 is 12.5 Å². The Morgan fingerprint density at radius 1 is 1.04 bits per heavy atom. The van der Waals surface area contributed by atoms with E-state index in [0.717, 1.165) is 12.1 Å². The smallest absolute Gasteiger partial charge is 0.508 e. The Bertz CT molecular complexity index is 894. The fourth-order valence-electron chi connectivity index (χ4n) is 1.72. The van der Waals surface area contributed by atoms with Gasteiger partial charge in [0.25, 0.3) is 10.0 Å². The molecule has 2 rings (SSSR count). The minimum absolute atomic E-state index is 0.399. The van der Waals surface area contributed by atoms with Gasteiger partial charge in [-0.05, 0) is 24.3 Å². The van der Waals surface area contributed by atoms with E-state index in [1.54, 1.807) is 4.72 Å². The van der Waals surface area contributed by atoms with Crippen LogP contribution in [0, 0.1) is 0 Å². The highest BCUT2D eigenvalue weighted by atomic mass is 32.2. The molecule has 0 aliphatic heterocycles. The summed E-state index contributed by atoms with van der Waals surface area (Å²) >= 11 is 0. The van der Waals surface area contributed by atoms with Gasteiger partial charge in [0.1, 0.15) is 16.3 Å². The number of hydrogen-bond donors (Lipinski definition) is 2. The first-order valence-electron chi connectivity index (χ1n) is 6.43. The molecule has 0 amide bonds. The standard InChI is InChI=1S/C13H8F6N2O4S/c14-12(15,16)11-4-2-8(6-20-11)26(23,24)21-9-3-1-7(22)5-10(9)25-13(17,18)19/h1-6,21-22H. The summed E-state index contributed by atoms with van der Waals surface area (Å²) < 4.78 is 104. The van der Waals surface area contributed by atoms with Gasteiger partial charge in [-0.25, -0.2) is 8.42 Å². The lowest BCUT2D eigenvalue weighted by atomic mass is 10.3. The number of aromatic hydroxyl groups is 1. The van der Waals surface area contributed by atoms with Gasteiger partial charge in [-0.15, -0.1) is 13.2 Å². The zero-order chi connectivity index (χ0) is 19.8. The molecule has 0 atom stereocenters. The summed E-state index contributed by atoms with van der Waals surface area (Å²) in [6, 6.07) is 3.16. The highest BCUT2D eigenvalue weighted by molar-refractivity contribution is 7.92. The molecule has 1 aromatic heterocycles. The first-order chi connectivity index (χ1) is 11.8. The molecule has 1 heterocycles. The van der Waals surface area contributed by atoms with Crippen LogP contribution in [0.5, 0.6) is 11.5 Å². The van der Waals surface area contributed by atoms with Gasteiger partial charge in [-0.1, -0.05) is 0 Å². The second kappa shape index (κ2) is 6.55. The molecule has 6 nitrogen and oxygen atoms in total. The van der Waals surface area contributed by atoms with E-state index in [1.165, 1.54) is 0 Å². The fourth-order valence-corrected chi connectivity index (χ4v) is 2.73. The normalized spacial score (nSPS) is 12.7. The van der Waals surface area contributed by atoms with Crippen LogP contribution in [0.3, 0.4) is 0 Å². The van der Waals surface area contributed by atoms with Crippen LogP contribution in [0.1, 0.15) is 5.69 Å². The van der Waals surface area contributed by atoms with Crippen molar-refractivity contribution in [3.8, 4) is 11.5 Å². The second-order valence-corrected chi connectivity index (χ2v) is 6.39. The van der Waals surface area contributed by atoms with Crippen molar-refractivity contribution in [2.75, 3.05) is 4.72 Å². The Kier molecular flexibility index (Phi) is 4.94. The lowest BCUT2D eigenvalue weighted by molar-refractivity contribution is -0.274. The van der Waals surface area contributed by atoms with Gasteiger partial charge in [0.2, 0.25) is 0 Å². The summed E-state index contributed by atoms with van der Waals surface area (Å²) in [4.78, 5) is 2.23. The topological polar surface area (TPSA) is 88.5 Å². The van der Waals surface area contributed by atoms with Gasteiger partial charge in [-0.2, -0.15) is 13.2 Å². The molecule has 0 radical (unpaired) electrons. The summed E-state index contributed by atoms with van der Waals surface area (Å²) in [7, 11) is -4.58. The maximum atomic E-state index is 12.4. The summed E-state index contributed by atoms with van der Waals surface area (Å²) in [5.74, 6) is -1.69. The zero-order valence-electron chi connectivity index (χ0n) is 12.3. The minimum Gasteiger partial charge on any atom is -0.508 e. The van der Waals surface area contributed by atoms with Crippen LogP contribution >= 0.6 is 0 Å². The number of phenols is 1. The third-order valence-electron chi connectivity index (χ3n) is 2.77. The molecule has 26 heavy (non-hydrogen) atoms. The molecule has 0 aliphatic carbocycles. The van der Waals surface area contributed by atoms with E-state index in [-0.39, 0.29) is 0 Å². The van der Waals surface area contributed by atoms with E-state index < -0.39 is 50.3 Å². The van der Waals surface area contributed by atoms with Crippen molar-refractivity contribution in [1.82, 2.24) is 4.98 Å². The van der Waals surface area contributed by atoms with E-state index in [9.17, 15) is 39.9 Å². The number of anilines is 1. The van der Waals surface area contributed by atoms with E-state index in [0.29, 0.717) is 24.4 Å². The first kappa shape index (κ1) is 19.6. The zero-order valence-corrected chi connectivity index (χ0v) is 13.1. The van der Waals surface area contributed by atoms with Gasteiger partial charge < -0.3 is 9.84 Å². The Balaban J connectivity index is 2.35. The lowest BCUT2D eigenvalue weighted by Crippen LogP contribution is -2.20. The number of hydrogen-bond acceptors (Lipinski definition) is 5. The molecule has 0 spiro atoms. The number of halogens is 6. The number of alkyl halides is 6. The van der Waals surface area contributed by atoms with Crippen LogP contribution < -0.4 is 9.46 Å². The number of rotatable bonds is 4. The molecule has 0 bridgehead atoms. The molecule has 0 aliphatic rings. The van der Waals surface area contributed by atoms with Crippen molar-refractivity contribution in [1.29, 1.82) is 0 Å². The third kappa shape index (κ3) is 4.91. The van der Waals surface area contributed by atoms with E-state index in [1.807, 2.05) is 0 Å². The predicted octanol–water partition coefficient (Wildman–Crippen LogP) is 3.51. The fraction of sp³-hybridized carbons (Fsp3) is 0.154. The van der Waals surface area contributed by atoms with Crippen molar-refractivity contribution in [2.24, 2.45) is 0 Å². The summed E-state index contributed by atoms with van der Waals surface area (Å²) in [6.45, 7) is 0. The van der Waals surface area contributed by atoms with Crippen molar-refractivity contribution in [2.45, 2.75) is 17.4 Å².